The second-order valence-electron chi connectivity index (χ2n) is 6.07. The molecule has 0 unspecified atom stereocenters. The topological polar surface area (TPSA) is 76.5 Å². The smallest absolute Gasteiger partial charge is 0.276 e. The zero-order valence-electron chi connectivity index (χ0n) is 13.7. The zero-order chi connectivity index (χ0) is 17.8. The lowest BCUT2D eigenvalue weighted by Gasteiger charge is -2.05. The van der Waals surface area contributed by atoms with Crippen molar-refractivity contribution in [1.82, 2.24) is 24.7 Å². The number of nitrogens with one attached hydrogen (secondary N) is 1. The second kappa shape index (κ2) is 5.47. The van der Waals surface area contributed by atoms with Crippen molar-refractivity contribution in [1.29, 1.82) is 0 Å². The van der Waals surface area contributed by atoms with Gasteiger partial charge in [0.25, 0.3) is 5.56 Å². The molecule has 0 saturated heterocycles. The molecular formula is C19H12BrN5O. The molecule has 6 nitrogen and oxygen atoms in total. The number of pyridine rings is 1. The quantitative estimate of drug-likeness (QED) is 0.429. The predicted molar refractivity (Wildman–Crippen MR) is 105 cm³/mol. The van der Waals surface area contributed by atoms with Crippen molar-refractivity contribution in [3.63, 3.8) is 0 Å². The van der Waals surface area contributed by atoms with Crippen LogP contribution < -0.4 is 5.56 Å². The van der Waals surface area contributed by atoms with Crippen LogP contribution in [0, 0.1) is 6.92 Å². The number of para-hydroxylation sites is 1. The van der Waals surface area contributed by atoms with Crippen LogP contribution in [0.2, 0.25) is 0 Å². The molecule has 0 aliphatic carbocycles. The summed E-state index contributed by atoms with van der Waals surface area (Å²) in [4.78, 5) is 24.7. The Morgan fingerprint density at radius 1 is 0.962 bits per heavy atom. The average molecular weight is 406 g/mol. The summed E-state index contributed by atoms with van der Waals surface area (Å²) in [5.41, 5.74) is 4.27. The van der Waals surface area contributed by atoms with Gasteiger partial charge in [-0.25, -0.2) is 14.6 Å². The number of rotatable bonds is 1. The van der Waals surface area contributed by atoms with Crippen molar-refractivity contribution in [3.8, 4) is 5.69 Å². The molecule has 5 aromatic rings. The van der Waals surface area contributed by atoms with E-state index in [4.69, 9.17) is 4.98 Å². The third kappa shape index (κ3) is 2.17. The van der Waals surface area contributed by atoms with Crippen LogP contribution in [0.5, 0.6) is 0 Å². The molecule has 3 heterocycles. The summed E-state index contributed by atoms with van der Waals surface area (Å²) in [5, 5.41) is 5.45. The number of benzene rings is 2. The molecule has 26 heavy (non-hydrogen) atoms. The third-order valence-corrected chi connectivity index (χ3v) is 4.92. The zero-order valence-corrected chi connectivity index (χ0v) is 15.3. The summed E-state index contributed by atoms with van der Waals surface area (Å²) in [7, 11) is 0. The predicted octanol–water partition coefficient (Wildman–Crippen LogP) is 3.88. The number of nitrogens with zero attached hydrogens (tertiary/aromatic N) is 4. The summed E-state index contributed by atoms with van der Waals surface area (Å²) in [5.74, 6) is 0. The van der Waals surface area contributed by atoms with E-state index in [-0.39, 0.29) is 5.56 Å². The fraction of sp³-hybridized carbons (Fsp3) is 0.0526. The molecule has 0 atom stereocenters. The number of hydrogen-bond donors (Lipinski definition) is 1. The molecular weight excluding hydrogens is 394 g/mol. The largest absolute Gasteiger partial charge is 0.320 e. The van der Waals surface area contributed by atoms with Crippen LogP contribution in [0.25, 0.3) is 38.8 Å². The van der Waals surface area contributed by atoms with Crippen molar-refractivity contribution in [2.75, 3.05) is 0 Å². The monoisotopic (exact) mass is 405 g/mol. The van der Waals surface area contributed by atoms with Gasteiger partial charge in [-0.1, -0.05) is 34.1 Å². The van der Waals surface area contributed by atoms with Gasteiger partial charge in [-0.15, -0.1) is 0 Å². The van der Waals surface area contributed by atoms with E-state index < -0.39 is 0 Å². The Bertz CT molecular complexity index is 1370. The fourth-order valence-electron chi connectivity index (χ4n) is 3.15. The molecule has 1 N–H and O–H groups in total. The van der Waals surface area contributed by atoms with Crippen molar-refractivity contribution < 1.29 is 0 Å². The number of fused-ring (bicyclic) bond motifs is 4. The molecule has 0 aliphatic heterocycles. The minimum Gasteiger partial charge on any atom is -0.320 e. The maximum Gasteiger partial charge on any atom is 0.276 e. The van der Waals surface area contributed by atoms with E-state index in [1.807, 2.05) is 55.5 Å². The molecule has 0 fully saturated rings. The van der Waals surface area contributed by atoms with E-state index in [0.717, 1.165) is 26.8 Å². The third-order valence-electron chi connectivity index (χ3n) is 4.39. The van der Waals surface area contributed by atoms with Gasteiger partial charge in [0, 0.05) is 9.86 Å². The highest BCUT2D eigenvalue weighted by molar-refractivity contribution is 9.10. The first kappa shape index (κ1) is 15.2. The van der Waals surface area contributed by atoms with E-state index in [2.05, 4.69) is 31.0 Å². The molecule has 0 aliphatic rings. The molecule has 7 heteroatoms. The minimum atomic E-state index is -0.246. The first-order chi connectivity index (χ1) is 12.6. The molecule has 126 valence electrons. The molecule has 0 radical (unpaired) electrons. The van der Waals surface area contributed by atoms with E-state index in [0.29, 0.717) is 22.2 Å². The Morgan fingerprint density at radius 2 is 1.73 bits per heavy atom. The van der Waals surface area contributed by atoms with Crippen molar-refractivity contribution in [3.05, 3.63) is 69.1 Å². The van der Waals surface area contributed by atoms with Crippen molar-refractivity contribution >= 4 is 49.0 Å². The summed E-state index contributed by atoms with van der Waals surface area (Å²) >= 11 is 3.44. The second-order valence-corrected chi connectivity index (χ2v) is 6.98. The summed E-state index contributed by atoms with van der Waals surface area (Å²) in [6, 6.07) is 15.4. The van der Waals surface area contributed by atoms with E-state index in [9.17, 15) is 4.79 Å². The van der Waals surface area contributed by atoms with Crippen LogP contribution in [-0.2, 0) is 0 Å². The van der Waals surface area contributed by atoms with Gasteiger partial charge in [0.05, 0.1) is 16.9 Å². The molecule has 2 aromatic carbocycles. The first-order valence-electron chi connectivity index (χ1n) is 8.06. The van der Waals surface area contributed by atoms with Gasteiger partial charge in [0.1, 0.15) is 11.0 Å². The molecule has 0 saturated carbocycles. The van der Waals surface area contributed by atoms with E-state index >= 15 is 0 Å². The Kier molecular flexibility index (Phi) is 3.20. The van der Waals surface area contributed by atoms with Gasteiger partial charge in [-0.2, -0.15) is 5.10 Å². The van der Waals surface area contributed by atoms with Crippen molar-refractivity contribution in [2.24, 2.45) is 0 Å². The van der Waals surface area contributed by atoms with Crippen LogP contribution in [0.15, 0.2) is 57.8 Å². The van der Waals surface area contributed by atoms with E-state index in [1.54, 1.807) is 4.68 Å². The highest BCUT2D eigenvalue weighted by Gasteiger charge is 2.16. The van der Waals surface area contributed by atoms with Gasteiger partial charge in [0.15, 0.2) is 11.2 Å². The number of aromatic nitrogens is 5. The van der Waals surface area contributed by atoms with Gasteiger partial charge in [-0.3, -0.25) is 4.79 Å². The Hall–Kier alpha value is -3.06. The van der Waals surface area contributed by atoms with Crippen LogP contribution in [0.4, 0.5) is 0 Å². The molecule has 3 aromatic heterocycles. The lowest BCUT2D eigenvalue weighted by Crippen LogP contribution is -2.09. The number of hydrogen-bond acceptors (Lipinski definition) is 4. The number of aryl methyl sites for hydroxylation is 1. The molecule has 0 spiro atoms. The maximum absolute atomic E-state index is 12.5. The van der Waals surface area contributed by atoms with E-state index in [1.165, 1.54) is 0 Å². The lowest BCUT2D eigenvalue weighted by molar-refractivity contribution is 0.879. The average Bonchev–Trinajstić information content (AvgIpc) is 2.97. The molecule has 5 rings (SSSR count). The Morgan fingerprint density at radius 3 is 2.54 bits per heavy atom. The Labute approximate surface area is 155 Å². The normalized spacial score (nSPS) is 11.6. The minimum absolute atomic E-state index is 0.246. The molecule has 0 amide bonds. The standard InChI is InChI=1S/C19H12BrN5O/c1-10-15-18(25(24-10)12-8-6-11(20)7-9-12)23-16-13-4-2-3-5-14(13)21-19(26)17(16)22-15/h2-9H,1H3,(H,21,26). The van der Waals surface area contributed by atoms with Gasteiger partial charge in [0.2, 0.25) is 0 Å². The molecule has 0 bridgehead atoms. The van der Waals surface area contributed by atoms with Crippen LogP contribution in [-0.4, -0.2) is 24.7 Å². The lowest BCUT2D eigenvalue weighted by atomic mass is 10.2. The van der Waals surface area contributed by atoms with Crippen molar-refractivity contribution in [2.45, 2.75) is 6.92 Å². The van der Waals surface area contributed by atoms with Gasteiger partial charge >= 0.3 is 0 Å². The summed E-state index contributed by atoms with van der Waals surface area (Å²) in [6.45, 7) is 1.87. The Balaban J connectivity index is 1.94. The number of H-pyrrole nitrogens is 1. The van der Waals surface area contributed by atoms with Crippen LogP contribution in [0.3, 0.4) is 0 Å². The summed E-state index contributed by atoms with van der Waals surface area (Å²) < 4.78 is 2.75. The van der Waals surface area contributed by atoms with Crippen LogP contribution in [0.1, 0.15) is 5.69 Å². The first-order valence-corrected chi connectivity index (χ1v) is 8.85. The van der Waals surface area contributed by atoms with Gasteiger partial charge < -0.3 is 4.98 Å². The van der Waals surface area contributed by atoms with Gasteiger partial charge in [-0.05, 0) is 37.3 Å². The maximum atomic E-state index is 12.5. The number of halogens is 1. The fourth-order valence-corrected chi connectivity index (χ4v) is 3.41. The highest BCUT2D eigenvalue weighted by atomic mass is 79.9. The van der Waals surface area contributed by atoms with Crippen LogP contribution >= 0.6 is 15.9 Å². The SMILES string of the molecule is Cc1nn(-c2ccc(Br)cc2)c2nc3c(nc12)c(=O)[nH]c1ccccc13. The highest BCUT2D eigenvalue weighted by Crippen LogP contribution is 2.24. The summed E-state index contributed by atoms with van der Waals surface area (Å²) in [6.07, 6.45) is 0. The number of aromatic amines is 1.